The van der Waals surface area contributed by atoms with Crippen LogP contribution in [-0.2, 0) is 5.41 Å². The summed E-state index contributed by atoms with van der Waals surface area (Å²) in [6.07, 6.45) is 8.86. The molecule has 0 atom stereocenters. The van der Waals surface area contributed by atoms with Gasteiger partial charge in [0.25, 0.3) is 0 Å². The smallest absolute Gasteiger partial charge is 0.229 e. The lowest BCUT2D eigenvalue weighted by Gasteiger charge is -2.18. The summed E-state index contributed by atoms with van der Waals surface area (Å²) in [5.41, 5.74) is 5.96. The average Bonchev–Trinajstić information content (AvgIpc) is 3.45. The number of nitrogens with zero attached hydrogens (tertiary/aromatic N) is 4. The van der Waals surface area contributed by atoms with Crippen LogP contribution in [0.1, 0.15) is 30.4 Å². The normalized spacial score (nSPS) is 16.3. The molecule has 0 amide bonds. The first-order valence-electron chi connectivity index (χ1n) is 10.1. The topological polar surface area (TPSA) is 62.1 Å². The van der Waals surface area contributed by atoms with Gasteiger partial charge in [0.2, 0.25) is 5.95 Å². The van der Waals surface area contributed by atoms with Gasteiger partial charge in [-0.05, 0) is 61.6 Å². The lowest BCUT2D eigenvalue weighted by Crippen LogP contribution is -2.21. The van der Waals surface area contributed by atoms with Crippen molar-refractivity contribution < 1.29 is 5.11 Å². The molecule has 1 aliphatic carbocycles. The molecule has 29 heavy (non-hydrogen) atoms. The van der Waals surface area contributed by atoms with Gasteiger partial charge in [0, 0.05) is 59.1 Å². The molecule has 1 saturated carbocycles. The number of fused-ring (bicyclic) bond motifs is 2. The highest BCUT2D eigenvalue weighted by Gasteiger charge is 2.52. The van der Waals surface area contributed by atoms with Crippen molar-refractivity contribution in [2.45, 2.75) is 36.5 Å². The summed E-state index contributed by atoms with van der Waals surface area (Å²) in [4.78, 5) is 17.3. The number of hydrogen-bond donors (Lipinski definition) is 1. The number of aliphatic hydroxyl groups excluding tert-OH is 1. The SMILES string of the molecule is Cc1ccnc(-c2cnc(N3CC4(CC4)c4ccc(SCCCO)cc43)nc2)c1. The molecule has 3 heterocycles. The number of aliphatic hydroxyl groups is 1. The van der Waals surface area contributed by atoms with Crippen LogP contribution in [0, 0.1) is 6.92 Å². The fourth-order valence-electron chi connectivity index (χ4n) is 4.04. The second-order valence-corrected chi connectivity index (χ2v) is 9.13. The molecule has 1 aromatic carbocycles. The molecule has 0 saturated heterocycles. The summed E-state index contributed by atoms with van der Waals surface area (Å²) in [5.74, 6) is 1.68. The molecule has 6 heteroatoms. The molecule has 148 valence electrons. The lowest BCUT2D eigenvalue weighted by atomic mass is 9.99. The van der Waals surface area contributed by atoms with E-state index in [-0.39, 0.29) is 12.0 Å². The van der Waals surface area contributed by atoms with Crippen molar-refractivity contribution in [3.63, 3.8) is 0 Å². The third kappa shape index (κ3) is 3.51. The fourth-order valence-corrected chi connectivity index (χ4v) is 4.91. The van der Waals surface area contributed by atoms with Gasteiger partial charge in [-0.1, -0.05) is 6.07 Å². The van der Waals surface area contributed by atoms with Crippen LogP contribution in [0.3, 0.4) is 0 Å². The molecular formula is C23H24N4OS. The molecule has 2 aliphatic rings. The summed E-state index contributed by atoms with van der Waals surface area (Å²) in [7, 11) is 0. The summed E-state index contributed by atoms with van der Waals surface area (Å²) < 4.78 is 0. The van der Waals surface area contributed by atoms with Gasteiger partial charge in [0.15, 0.2) is 0 Å². The van der Waals surface area contributed by atoms with Crippen LogP contribution in [0.4, 0.5) is 11.6 Å². The molecule has 1 spiro atoms. The van der Waals surface area contributed by atoms with E-state index >= 15 is 0 Å². The Balaban J connectivity index is 1.44. The number of thioether (sulfide) groups is 1. The van der Waals surface area contributed by atoms with Crippen LogP contribution in [0.25, 0.3) is 11.3 Å². The quantitative estimate of drug-likeness (QED) is 0.482. The van der Waals surface area contributed by atoms with Gasteiger partial charge in [0.05, 0.1) is 5.69 Å². The van der Waals surface area contributed by atoms with Gasteiger partial charge in [-0.15, -0.1) is 11.8 Å². The van der Waals surface area contributed by atoms with E-state index in [1.54, 1.807) is 11.8 Å². The van der Waals surface area contributed by atoms with Crippen molar-refractivity contribution in [3.05, 3.63) is 60.0 Å². The Morgan fingerprint density at radius 2 is 1.93 bits per heavy atom. The minimum absolute atomic E-state index is 0.239. The maximum Gasteiger partial charge on any atom is 0.229 e. The van der Waals surface area contributed by atoms with E-state index in [4.69, 9.17) is 15.1 Å². The van der Waals surface area contributed by atoms with E-state index in [0.717, 1.165) is 35.9 Å². The molecule has 5 rings (SSSR count). The predicted octanol–water partition coefficient (Wildman–Crippen LogP) is 4.50. The van der Waals surface area contributed by atoms with Gasteiger partial charge >= 0.3 is 0 Å². The summed E-state index contributed by atoms with van der Waals surface area (Å²) in [6, 6.07) is 10.8. The van der Waals surface area contributed by atoms with Crippen molar-refractivity contribution >= 4 is 23.4 Å². The Morgan fingerprint density at radius 3 is 2.66 bits per heavy atom. The number of hydrogen-bond acceptors (Lipinski definition) is 6. The minimum atomic E-state index is 0.239. The Morgan fingerprint density at radius 1 is 1.10 bits per heavy atom. The van der Waals surface area contributed by atoms with E-state index in [0.29, 0.717) is 0 Å². The first kappa shape index (κ1) is 18.6. The maximum atomic E-state index is 9.04. The zero-order valence-electron chi connectivity index (χ0n) is 16.5. The minimum Gasteiger partial charge on any atom is -0.396 e. The fraction of sp³-hybridized carbons (Fsp3) is 0.348. The van der Waals surface area contributed by atoms with Gasteiger partial charge in [-0.3, -0.25) is 4.98 Å². The monoisotopic (exact) mass is 404 g/mol. The number of benzene rings is 1. The summed E-state index contributed by atoms with van der Waals surface area (Å²) in [6.45, 7) is 3.26. The highest BCUT2D eigenvalue weighted by Crippen LogP contribution is 2.58. The Kier molecular flexibility index (Phi) is 4.76. The van der Waals surface area contributed by atoms with Crippen LogP contribution < -0.4 is 4.90 Å². The standard InChI is InChI=1S/C23H24N4OS/c1-16-5-8-24-20(11-16)17-13-25-22(26-14-17)27-15-23(6-7-23)19-4-3-18(12-21(19)27)29-10-2-9-28/h3-5,8,11-14,28H,2,6-7,9-10,15H2,1H3. The van der Waals surface area contributed by atoms with Crippen molar-refractivity contribution in [2.75, 3.05) is 23.8 Å². The number of pyridine rings is 1. The molecular weight excluding hydrogens is 380 g/mol. The van der Waals surface area contributed by atoms with Gasteiger partial charge in [0.1, 0.15) is 0 Å². The van der Waals surface area contributed by atoms with Crippen LogP contribution in [0.15, 0.2) is 53.8 Å². The number of anilines is 2. The first-order chi connectivity index (χ1) is 14.2. The second-order valence-electron chi connectivity index (χ2n) is 7.96. The molecule has 1 aliphatic heterocycles. The molecule has 1 fully saturated rings. The van der Waals surface area contributed by atoms with Crippen molar-refractivity contribution in [1.82, 2.24) is 15.0 Å². The highest BCUT2D eigenvalue weighted by molar-refractivity contribution is 7.99. The first-order valence-corrected chi connectivity index (χ1v) is 11.1. The zero-order chi connectivity index (χ0) is 19.8. The molecule has 3 aromatic rings. The number of aryl methyl sites for hydroxylation is 1. The third-order valence-corrected chi connectivity index (χ3v) is 6.89. The largest absolute Gasteiger partial charge is 0.396 e. The molecule has 1 N–H and O–H groups in total. The van der Waals surface area contributed by atoms with E-state index in [1.807, 2.05) is 24.7 Å². The second kappa shape index (κ2) is 7.43. The maximum absolute atomic E-state index is 9.04. The number of aromatic nitrogens is 3. The van der Waals surface area contributed by atoms with E-state index in [2.05, 4.69) is 41.1 Å². The van der Waals surface area contributed by atoms with Crippen LogP contribution in [0.5, 0.6) is 0 Å². The average molecular weight is 405 g/mol. The molecule has 0 bridgehead atoms. The zero-order valence-corrected chi connectivity index (χ0v) is 17.3. The molecule has 0 unspecified atom stereocenters. The third-order valence-electron chi connectivity index (χ3n) is 5.81. The Bertz CT molecular complexity index is 1030. The summed E-state index contributed by atoms with van der Waals surface area (Å²) >= 11 is 1.79. The van der Waals surface area contributed by atoms with Gasteiger partial charge < -0.3 is 10.0 Å². The van der Waals surface area contributed by atoms with E-state index in [1.165, 1.54) is 34.6 Å². The molecule has 5 nitrogen and oxygen atoms in total. The predicted molar refractivity (Wildman–Crippen MR) is 117 cm³/mol. The van der Waals surface area contributed by atoms with Crippen molar-refractivity contribution in [3.8, 4) is 11.3 Å². The van der Waals surface area contributed by atoms with Crippen LogP contribution >= 0.6 is 11.8 Å². The van der Waals surface area contributed by atoms with Crippen LogP contribution in [0.2, 0.25) is 0 Å². The lowest BCUT2D eigenvalue weighted by molar-refractivity contribution is 0.296. The van der Waals surface area contributed by atoms with Crippen LogP contribution in [-0.4, -0.2) is 39.0 Å². The van der Waals surface area contributed by atoms with Gasteiger partial charge in [-0.25, -0.2) is 9.97 Å². The van der Waals surface area contributed by atoms with E-state index in [9.17, 15) is 0 Å². The van der Waals surface area contributed by atoms with Crippen molar-refractivity contribution in [1.29, 1.82) is 0 Å². The van der Waals surface area contributed by atoms with E-state index < -0.39 is 0 Å². The Hall–Kier alpha value is -2.44. The molecule has 0 radical (unpaired) electrons. The summed E-state index contributed by atoms with van der Waals surface area (Å²) in [5, 5.41) is 9.04. The Labute approximate surface area is 175 Å². The number of rotatable bonds is 6. The highest BCUT2D eigenvalue weighted by atomic mass is 32.2. The van der Waals surface area contributed by atoms with Gasteiger partial charge in [-0.2, -0.15) is 0 Å². The molecule has 2 aromatic heterocycles. The van der Waals surface area contributed by atoms with Crippen molar-refractivity contribution in [2.24, 2.45) is 0 Å².